The first-order chi connectivity index (χ1) is 50.4. The number of aromatic nitrogens is 1. The minimum atomic E-state index is -1.07. The molecule has 107 heavy (non-hydrogen) atoms. The smallest absolute Gasteiger partial charge is 0.243 e. The number of nitrogens with zero attached hydrogens (tertiary/aromatic N) is 4. The van der Waals surface area contributed by atoms with Gasteiger partial charge in [-0.2, -0.15) is 0 Å². The number of H-pyrrole nitrogens is 1. The molecular weight excluding hydrogens is 1350 g/mol. The van der Waals surface area contributed by atoms with Gasteiger partial charge in [-0.25, -0.2) is 0 Å². The number of amides is 6. The first-order valence-corrected chi connectivity index (χ1v) is 36.2. The van der Waals surface area contributed by atoms with Crippen LogP contribution in [0.15, 0.2) is 159 Å². The third-order valence-electron chi connectivity index (χ3n) is 17.7. The van der Waals surface area contributed by atoms with Crippen LogP contribution in [0, 0.1) is 6.92 Å². The Morgan fingerprint density at radius 1 is 0.421 bits per heavy atom. The van der Waals surface area contributed by atoms with Crippen LogP contribution in [0.3, 0.4) is 0 Å². The van der Waals surface area contributed by atoms with Crippen LogP contribution in [-0.4, -0.2) is 140 Å². The van der Waals surface area contributed by atoms with Crippen molar-refractivity contribution in [1.29, 1.82) is 0 Å². The van der Waals surface area contributed by atoms with Gasteiger partial charge in [-0.15, -0.1) is 0 Å². The molecule has 0 aliphatic carbocycles. The second-order valence-corrected chi connectivity index (χ2v) is 28.7. The second kappa shape index (κ2) is 42.8. The van der Waals surface area contributed by atoms with E-state index in [0.717, 1.165) is 71.9 Å². The fraction of sp³-hybridized carbons (Fsp3) is 0.425. The fourth-order valence-electron chi connectivity index (χ4n) is 12.1. The molecule has 0 radical (unpaired) electrons. The zero-order valence-corrected chi connectivity index (χ0v) is 62.5. The first kappa shape index (κ1) is 86.6. The monoisotopic (exact) mass is 1470 g/mol. The number of nitrogens with one attached hydrogen (secondary N) is 7. The predicted octanol–water partition coefficient (Wildman–Crippen LogP) is 4.83. The molecule has 7 rings (SSSR count). The molecule has 0 fully saturated rings. The Morgan fingerprint density at radius 2 is 0.822 bits per heavy atom. The van der Waals surface area contributed by atoms with E-state index >= 15 is 0 Å². The van der Waals surface area contributed by atoms with E-state index in [4.69, 9.17) is 57.3 Å². The Morgan fingerprint density at radius 3 is 1.25 bits per heavy atom. The number of hydrogen-bond donors (Lipinski definition) is 17. The van der Waals surface area contributed by atoms with Gasteiger partial charge in [0.25, 0.3) is 0 Å². The topological polar surface area (TPSA) is 500 Å². The molecule has 6 aromatic carbocycles. The molecule has 0 saturated heterocycles. The fourth-order valence-corrected chi connectivity index (χ4v) is 12.1. The van der Waals surface area contributed by atoms with Crippen molar-refractivity contribution < 1.29 is 28.8 Å². The van der Waals surface area contributed by atoms with E-state index in [-0.39, 0.29) is 92.7 Å². The number of guanidine groups is 4. The lowest BCUT2D eigenvalue weighted by atomic mass is 9.83. The number of aromatic amines is 1. The molecule has 6 unspecified atom stereocenters. The van der Waals surface area contributed by atoms with Gasteiger partial charge in [0.1, 0.15) is 24.2 Å². The third-order valence-corrected chi connectivity index (χ3v) is 17.7. The van der Waals surface area contributed by atoms with Crippen LogP contribution in [0.2, 0.25) is 0 Å². The van der Waals surface area contributed by atoms with Gasteiger partial charge in [-0.3, -0.25) is 48.7 Å². The lowest BCUT2D eigenvalue weighted by Crippen LogP contribution is -2.56. The summed E-state index contributed by atoms with van der Waals surface area (Å²) >= 11 is 0. The quantitative estimate of drug-likeness (QED) is 0.0141. The summed E-state index contributed by atoms with van der Waals surface area (Å²) in [5, 5.41) is 20.8. The van der Waals surface area contributed by atoms with Crippen LogP contribution in [-0.2, 0) is 65.3 Å². The van der Waals surface area contributed by atoms with Gasteiger partial charge in [0, 0.05) is 74.1 Å². The molecule has 1 aromatic heterocycles. The van der Waals surface area contributed by atoms with Gasteiger partial charge < -0.3 is 94.2 Å². The number of benzene rings is 6. The Kier molecular flexibility index (Phi) is 34.6. The summed E-state index contributed by atoms with van der Waals surface area (Å²) in [4.78, 5) is 102. The molecule has 0 spiro atoms. The lowest BCUT2D eigenvalue weighted by Gasteiger charge is -2.26. The number of rotatable bonds is 37. The zero-order valence-electron chi connectivity index (χ0n) is 62.5. The number of aryl methyl sites for hydroxylation is 1. The lowest BCUT2D eigenvalue weighted by molar-refractivity contribution is -0.132. The van der Waals surface area contributed by atoms with Crippen LogP contribution in [0.5, 0.6) is 0 Å². The number of carbonyl (C=O) groups excluding carboxylic acids is 6. The molecule has 27 nitrogen and oxygen atoms in total. The van der Waals surface area contributed by atoms with Crippen molar-refractivity contribution in [2.45, 2.75) is 180 Å². The number of hydrogen-bond acceptors (Lipinski definition) is 12. The molecule has 0 aliphatic heterocycles. The summed E-state index contributed by atoms with van der Waals surface area (Å²) in [7, 11) is 0. The van der Waals surface area contributed by atoms with Gasteiger partial charge >= 0.3 is 0 Å². The van der Waals surface area contributed by atoms with Crippen LogP contribution in [0.4, 0.5) is 0 Å². The predicted molar refractivity (Wildman–Crippen MR) is 434 cm³/mol. The van der Waals surface area contributed by atoms with Crippen molar-refractivity contribution in [2.75, 3.05) is 39.3 Å². The molecule has 0 saturated carbocycles. The van der Waals surface area contributed by atoms with E-state index in [1.54, 1.807) is 0 Å². The largest absolute Gasteiger partial charge is 0.370 e. The van der Waals surface area contributed by atoms with Crippen molar-refractivity contribution in [1.82, 2.24) is 36.9 Å². The minimum Gasteiger partial charge on any atom is -0.370 e. The molecule has 1 heterocycles. The maximum Gasteiger partial charge on any atom is 0.243 e. The highest BCUT2D eigenvalue weighted by molar-refractivity contribution is 5.96. The SMILES string of the molecule is C.Cc1cc(C(C)(C)C)c2[nH]c(C(C)(C)C)c(CC(NC(=O)C(N)CCCN=C(N)N)C(=O)NC(CCCN=C(N)N)C(=O)NCCc3ccccc3)c2c1.NC(N)=NCCCC(N)C(=O)NC(Cc1ccc(-c2ccc3ccccc3c2)cc1)C(=O)NC(CCCN=C(N)N)C(=O)NCCc1ccccc1. The number of nitrogens with two attached hydrogens (primary N) is 10. The molecule has 27 heteroatoms. The van der Waals surface area contributed by atoms with Gasteiger partial charge in [-0.05, 0) is 138 Å². The standard InChI is InChI=1S/C40H63N11O3.C39H50N10O3.CH4/c1-24-21-26-27(33(40(5,6)7)51-32(26)28(22-24)39(2,3)4)23-31(50-34(52)29(41)15-11-18-47-37(42)43)36(54)49-30(16-12-19-48-38(44)45)35(53)46-20-17-25-13-9-8-10-14-25;40-32(12-6-21-46-38(41)42)35(50)49-34(24-27-14-16-29(17-15-27)31-19-18-28-10-4-5-11-30(28)25-31)37(52)48-33(13-7-22-47-39(43)44)36(51)45-23-20-26-8-2-1-3-9-26;/h8-10,13-14,21-22,29-31,51H,11-12,15-20,23,41H2,1-7H3,(H,46,53)(H,49,54)(H,50,52)(H4,42,43,47)(H4,44,45,48);1-5,8-11,14-19,25,32-34H,6-7,12-13,20-24,40H2,(H,45,51)(H,48,52)(H,49,50)(H4,41,42,46)(H4,43,44,47);1H4. The zero-order chi connectivity index (χ0) is 77.5. The van der Waals surface area contributed by atoms with Gasteiger partial charge in [0.05, 0.1) is 12.1 Å². The Balaban J connectivity index is 0.000000380. The molecule has 578 valence electrons. The summed E-state index contributed by atoms with van der Waals surface area (Å²) in [6.07, 6.45) is 4.48. The Labute approximate surface area is 630 Å². The number of fused-ring (bicyclic) bond motifs is 2. The van der Waals surface area contributed by atoms with Crippen LogP contribution in [0.1, 0.15) is 139 Å². The number of carbonyl (C=O) groups is 6. The highest BCUT2D eigenvalue weighted by atomic mass is 16.2. The molecule has 6 amide bonds. The van der Waals surface area contributed by atoms with Gasteiger partial charge in [0.2, 0.25) is 35.4 Å². The summed E-state index contributed by atoms with van der Waals surface area (Å²) in [6.45, 7) is 16.8. The van der Waals surface area contributed by atoms with Crippen molar-refractivity contribution in [3.63, 3.8) is 0 Å². The molecule has 6 atom stereocenters. The van der Waals surface area contributed by atoms with Gasteiger partial charge in [0.15, 0.2) is 23.8 Å². The van der Waals surface area contributed by atoms with E-state index < -0.39 is 59.9 Å². The summed E-state index contributed by atoms with van der Waals surface area (Å²) in [5.74, 6) is -2.94. The van der Waals surface area contributed by atoms with Gasteiger partial charge in [-0.1, -0.05) is 182 Å². The third kappa shape index (κ3) is 29.4. The molecule has 0 bridgehead atoms. The maximum atomic E-state index is 14.4. The summed E-state index contributed by atoms with van der Waals surface area (Å²) in [5.41, 5.74) is 65.8. The van der Waals surface area contributed by atoms with E-state index in [9.17, 15) is 28.8 Å². The van der Waals surface area contributed by atoms with Crippen LogP contribution < -0.4 is 89.2 Å². The molecule has 7 aromatic rings. The average molecular weight is 1470 g/mol. The van der Waals surface area contributed by atoms with Crippen LogP contribution in [0.25, 0.3) is 32.8 Å². The highest BCUT2D eigenvalue weighted by Crippen LogP contribution is 2.38. The highest BCUT2D eigenvalue weighted by Gasteiger charge is 2.34. The van der Waals surface area contributed by atoms with Crippen molar-refractivity contribution in [3.8, 4) is 11.1 Å². The van der Waals surface area contributed by atoms with Crippen LogP contribution >= 0.6 is 0 Å². The van der Waals surface area contributed by atoms with Crippen molar-refractivity contribution in [3.05, 3.63) is 179 Å². The molecule has 27 N–H and O–H groups in total. The molecular formula is C80H117N21O6. The second-order valence-electron chi connectivity index (χ2n) is 28.7. The first-order valence-electron chi connectivity index (χ1n) is 36.2. The average Bonchev–Trinajstić information content (AvgIpc) is 1.60. The van der Waals surface area contributed by atoms with Crippen molar-refractivity contribution >= 4 is 81.0 Å². The van der Waals surface area contributed by atoms with E-state index in [1.165, 1.54) is 0 Å². The summed E-state index contributed by atoms with van der Waals surface area (Å²) in [6, 6.07) is 40.4. The van der Waals surface area contributed by atoms with E-state index in [1.807, 2.05) is 97.1 Å². The van der Waals surface area contributed by atoms with E-state index in [0.29, 0.717) is 77.5 Å². The Bertz CT molecular complexity index is 4130. The van der Waals surface area contributed by atoms with E-state index in [2.05, 4.69) is 148 Å². The summed E-state index contributed by atoms with van der Waals surface area (Å²) < 4.78 is 0. The number of aliphatic imine (C=N–C) groups is 4. The normalized spacial score (nSPS) is 12.9. The van der Waals surface area contributed by atoms with Crippen molar-refractivity contribution in [2.24, 2.45) is 77.3 Å². The molecule has 0 aliphatic rings. The Hall–Kier alpha value is -11.1. The maximum absolute atomic E-state index is 14.4. The minimum absolute atomic E-state index is 0.